The fraction of sp³-hybridized carbons (Fsp3) is 0.400. The first kappa shape index (κ1) is 11.0. The van der Waals surface area contributed by atoms with Crippen molar-refractivity contribution in [2.75, 3.05) is 0 Å². The van der Waals surface area contributed by atoms with E-state index in [2.05, 4.69) is 0 Å². The summed E-state index contributed by atoms with van der Waals surface area (Å²) in [6.07, 6.45) is -4.76. The molecule has 0 amide bonds. The Balaban J connectivity index is 3.01. The van der Waals surface area contributed by atoms with Gasteiger partial charge in [-0.05, 0) is 24.1 Å². The van der Waals surface area contributed by atoms with Gasteiger partial charge in [-0.25, -0.2) is 0 Å². The predicted molar refractivity (Wildman–Crippen MR) is 46.7 cm³/mol. The molecule has 0 heterocycles. The SMILES string of the molecule is CCC(O)c1cccc(C(F)(F)F)c1. The van der Waals surface area contributed by atoms with Crippen LogP contribution in [0.4, 0.5) is 13.2 Å². The average Bonchev–Trinajstić information content (AvgIpc) is 2.15. The molecule has 0 saturated carbocycles. The van der Waals surface area contributed by atoms with Crippen LogP contribution in [0.2, 0.25) is 0 Å². The highest BCUT2D eigenvalue weighted by atomic mass is 19.4. The molecule has 0 saturated heterocycles. The first-order valence-corrected chi connectivity index (χ1v) is 4.30. The number of hydrogen-bond acceptors (Lipinski definition) is 1. The first-order chi connectivity index (χ1) is 6.45. The van der Waals surface area contributed by atoms with Gasteiger partial charge in [0.1, 0.15) is 0 Å². The third-order valence-corrected chi connectivity index (χ3v) is 1.99. The number of halogens is 3. The number of rotatable bonds is 2. The largest absolute Gasteiger partial charge is 0.416 e. The Kier molecular flexibility index (Phi) is 3.16. The molecule has 1 nitrogen and oxygen atoms in total. The third kappa shape index (κ3) is 2.48. The molecule has 0 radical (unpaired) electrons. The summed E-state index contributed by atoms with van der Waals surface area (Å²) >= 11 is 0. The lowest BCUT2D eigenvalue weighted by molar-refractivity contribution is -0.137. The van der Waals surface area contributed by atoms with E-state index in [4.69, 9.17) is 0 Å². The van der Waals surface area contributed by atoms with E-state index in [0.717, 1.165) is 12.1 Å². The molecule has 0 aromatic heterocycles. The maximum atomic E-state index is 12.3. The number of hydrogen-bond donors (Lipinski definition) is 1. The maximum Gasteiger partial charge on any atom is 0.416 e. The molecular weight excluding hydrogens is 193 g/mol. The monoisotopic (exact) mass is 204 g/mol. The molecule has 0 bridgehead atoms. The number of benzene rings is 1. The Morgan fingerprint density at radius 2 is 2.00 bits per heavy atom. The molecule has 1 aromatic rings. The van der Waals surface area contributed by atoms with Crippen LogP contribution in [0.25, 0.3) is 0 Å². The van der Waals surface area contributed by atoms with E-state index in [1.807, 2.05) is 0 Å². The Morgan fingerprint density at radius 1 is 1.36 bits per heavy atom. The zero-order chi connectivity index (χ0) is 10.8. The second-order valence-electron chi connectivity index (χ2n) is 3.05. The molecule has 1 rings (SSSR count). The van der Waals surface area contributed by atoms with Crippen molar-refractivity contribution in [3.8, 4) is 0 Å². The molecule has 1 atom stereocenters. The van der Waals surface area contributed by atoms with Gasteiger partial charge in [-0.15, -0.1) is 0 Å². The van der Waals surface area contributed by atoms with Crippen molar-refractivity contribution in [1.29, 1.82) is 0 Å². The van der Waals surface area contributed by atoms with E-state index in [9.17, 15) is 18.3 Å². The molecule has 0 aliphatic rings. The van der Waals surface area contributed by atoms with E-state index < -0.39 is 17.8 Å². The van der Waals surface area contributed by atoms with Gasteiger partial charge in [0, 0.05) is 0 Å². The lowest BCUT2D eigenvalue weighted by Crippen LogP contribution is -2.06. The normalized spacial score (nSPS) is 14.1. The van der Waals surface area contributed by atoms with Crippen LogP contribution in [0.1, 0.15) is 30.6 Å². The molecule has 0 aliphatic heterocycles. The maximum absolute atomic E-state index is 12.3. The predicted octanol–water partition coefficient (Wildman–Crippen LogP) is 3.15. The Morgan fingerprint density at radius 3 is 2.50 bits per heavy atom. The van der Waals surface area contributed by atoms with Crippen LogP contribution < -0.4 is 0 Å². The minimum absolute atomic E-state index is 0.308. The molecule has 14 heavy (non-hydrogen) atoms. The van der Waals surface area contributed by atoms with Crippen LogP contribution in [-0.2, 0) is 6.18 Å². The van der Waals surface area contributed by atoms with Gasteiger partial charge in [0.05, 0.1) is 11.7 Å². The van der Waals surface area contributed by atoms with Crippen molar-refractivity contribution in [2.45, 2.75) is 25.6 Å². The summed E-state index contributed by atoms with van der Waals surface area (Å²) < 4.78 is 36.8. The van der Waals surface area contributed by atoms with Crippen molar-refractivity contribution in [2.24, 2.45) is 0 Å². The second-order valence-corrected chi connectivity index (χ2v) is 3.05. The molecule has 0 fully saturated rings. The van der Waals surface area contributed by atoms with Gasteiger partial charge in [0.15, 0.2) is 0 Å². The van der Waals surface area contributed by atoms with Crippen LogP contribution in [0, 0.1) is 0 Å². The highest BCUT2D eigenvalue weighted by molar-refractivity contribution is 5.27. The van der Waals surface area contributed by atoms with Crippen molar-refractivity contribution < 1.29 is 18.3 Å². The summed E-state index contributed by atoms with van der Waals surface area (Å²) in [7, 11) is 0. The molecular formula is C10H11F3O. The van der Waals surface area contributed by atoms with Gasteiger partial charge >= 0.3 is 6.18 Å². The van der Waals surface area contributed by atoms with Gasteiger partial charge in [-0.3, -0.25) is 0 Å². The van der Waals surface area contributed by atoms with Gasteiger partial charge in [-0.1, -0.05) is 19.1 Å². The highest BCUT2D eigenvalue weighted by Gasteiger charge is 2.30. The van der Waals surface area contributed by atoms with Crippen LogP contribution >= 0.6 is 0 Å². The minimum atomic E-state index is -4.34. The van der Waals surface area contributed by atoms with Crippen molar-refractivity contribution in [1.82, 2.24) is 0 Å². The zero-order valence-corrected chi connectivity index (χ0v) is 7.67. The summed E-state index contributed by atoms with van der Waals surface area (Å²) in [5, 5.41) is 9.35. The standard InChI is InChI=1S/C10H11F3O/c1-2-9(14)7-4-3-5-8(6-7)10(11,12)13/h3-6,9,14H,2H2,1H3. The van der Waals surface area contributed by atoms with Crippen molar-refractivity contribution >= 4 is 0 Å². The third-order valence-electron chi connectivity index (χ3n) is 1.99. The van der Waals surface area contributed by atoms with E-state index in [1.165, 1.54) is 12.1 Å². The highest BCUT2D eigenvalue weighted by Crippen LogP contribution is 2.31. The summed E-state index contributed by atoms with van der Waals surface area (Å²) in [5.74, 6) is 0. The van der Waals surface area contributed by atoms with Gasteiger partial charge in [0.2, 0.25) is 0 Å². The molecule has 1 N–H and O–H groups in total. The van der Waals surface area contributed by atoms with E-state index >= 15 is 0 Å². The number of alkyl halides is 3. The Labute approximate surface area is 80.2 Å². The van der Waals surface area contributed by atoms with Gasteiger partial charge < -0.3 is 5.11 Å². The molecule has 4 heteroatoms. The van der Waals surface area contributed by atoms with Crippen LogP contribution in [0.5, 0.6) is 0 Å². The van der Waals surface area contributed by atoms with Gasteiger partial charge in [0.25, 0.3) is 0 Å². The lowest BCUT2D eigenvalue weighted by Gasteiger charge is -2.11. The topological polar surface area (TPSA) is 20.2 Å². The fourth-order valence-electron chi connectivity index (χ4n) is 1.16. The molecule has 0 aliphatic carbocycles. The Hall–Kier alpha value is -1.03. The number of aliphatic hydroxyl groups is 1. The molecule has 0 spiro atoms. The van der Waals surface area contributed by atoms with E-state index in [0.29, 0.717) is 12.0 Å². The van der Waals surface area contributed by atoms with E-state index in [-0.39, 0.29) is 0 Å². The summed E-state index contributed by atoms with van der Waals surface area (Å²) in [6.45, 7) is 1.71. The number of aliphatic hydroxyl groups excluding tert-OH is 1. The minimum Gasteiger partial charge on any atom is -0.388 e. The summed E-state index contributed by atoms with van der Waals surface area (Å²) in [6, 6.07) is 4.76. The second kappa shape index (κ2) is 4.00. The fourth-order valence-corrected chi connectivity index (χ4v) is 1.16. The van der Waals surface area contributed by atoms with Crippen molar-refractivity contribution in [3.63, 3.8) is 0 Å². The lowest BCUT2D eigenvalue weighted by atomic mass is 10.0. The first-order valence-electron chi connectivity index (χ1n) is 4.30. The molecule has 1 unspecified atom stereocenters. The quantitative estimate of drug-likeness (QED) is 0.784. The summed E-state index contributed by atoms with van der Waals surface area (Å²) in [5.41, 5.74) is -0.412. The van der Waals surface area contributed by atoms with Gasteiger partial charge in [-0.2, -0.15) is 13.2 Å². The van der Waals surface area contributed by atoms with Crippen LogP contribution in [-0.4, -0.2) is 5.11 Å². The van der Waals surface area contributed by atoms with Crippen LogP contribution in [0.15, 0.2) is 24.3 Å². The van der Waals surface area contributed by atoms with E-state index in [1.54, 1.807) is 6.92 Å². The van der Waals surface area contributed by atoms with Crippen LogP contribution in [0.3, 0.4) is 0 Å². The summed E-state index contributed by atoms with van der Waals surface area (Å²) in [4.78, 5) is 0. The molecule has 78 valence electrons. The molecule has 1 aromatic carbocycles. The smallest absolute Gasteiger partial charge is 0.388 e. The Bertz CT molecular complexity index is 306. The van der Waals surface area contributed by atoms with Crippen molar-refractivity contribution in [3.05, 3.63) is 35.4 Å². The zero-order valence-electron chi connectivity index (χ0n) is 7.67. The average molecular weight is 204 g/mol.